The Bertz CT molecular complexity index is 553. The van der Waals surface area contributed by atoms with Gasteiger partial charge in [-0.2, -0.15) is 10.4 Å². The second kappa shape index (κ2) is 4.19. The molecule has 0 aliphatic rings. The van der Waals surface area contributed by atoms with E-state index in [9.17, 15) is 4.39 Å². The number of hydrogen-bond donors (Lipinski definition) is 1. The van der Waals surface area contributed by atoms with Crippen LogP contribution in [0.2, 0.25) is 0 Å². The van der Waals surface area contributed by atoms with Crippen LogP contribution in [0.4, 0.5) is 10.2 Å². The van der Waals surface area contributed by atoms with Gasteiger partial charge in [0.05, 0.1) is 17.3 Å². The van der Waals surface area contributed by atoms with E-state index in [1.54, 1.807) is 4.52 Å². The summed E-state index contributed by atoms with van der Waals surface area (Å²) < 4.78 is 13.7. The molecule has 0 saturated heterocycles. The fourth-order valence-corrected chi connectivity index (χ4v) is 1.61. The Morgan fingerprint density at radius 2 is 2.38 bits per heavy atom. The molecule has 0 aliphatic heterocycles. The van der Waals surface area contributed by atoms with Gasteiger partial charge in [-0.1, -0.05) is 0 Å². The molecular weight excluding hydrogens is 206 g/mol. The summed E-state index contributed by atoms with van der Waals surface area (Å²) in [7, 11) is 0. The van der Waals surface area contributed by atoms with E-state index < -0.39 is 6.67 Å². The first kappa shape index (κ1) is 10.4. The molecule has 0 saturated carbocycles. The van der Waals surface area contributed by atoms with Crippen molar-refractivity contribution in [2.45, 2.75) is 6.92 Å². The molecule has 2 aromatic heterocycles. The molecule has 0 unspecified atom stereocenters. The van der Waals surface area contributed by atoms with Crippen LogP contribution in [0, 0.1) is 18.3 Å². The smallest absolute Gasteiger partial charge is 0.128 e. The predicted octanol–water partition coefficient (Wildman–Crippen LogP) is 1.90. The van der Waals surface area contributed by atoms with Crippen molar-refractivity contribution in [3.05, 3.63) is 29.5 Å². The highest BCUT2D eigenvalue weighted by atomic mass is 18.2. The Hall–Kier alpha value is -2.09. The van der Waals surface area contributed by atoms with Gasteiger partial charge in [0, 0.05) is 6.54 Å². The Morgan fingerprint density at radius 1 is 1.56 bits per heavy atom. The van der Waals surface area contributed by atoms with Crippen LogP contribution >= 0.6 is 0 Å². The van der Waals surface area contributed by atoms with Gasteiger partial charge >= 0.3 is 0 Å². The van der Waals surface area contributed by atoms with Crippen molar-refractivity contribution in [1.29, 1.82) is 5.26 Å². The summed E-state index contributed by atoms with van der Waals surface area (Å²) in [6, 6.07) is 5.83. The minimum atomic E-state index is -0.443. The molecule has 0 bridgehead atoms. The lowest BCUT2D eigenvalue weighted by molar-refractivity contribution is 0.512. The van der Waals surface area contributed by atoms with Crippen molar-refractivity contribution in [2.24, 2.45) is 0 Å². The Morgan fingerprint density at radius 3 is 3.06 bits per heavy atom. The zero-order valence-electron chi connectivity index (χ0n) is 8.87. The van der Waals surface area contributed by atoms with Gasteiger partial charge in [0.25, 0.3) is 0 Å². The highest BCUT2D eigenvalue weighted by molar-refractivity contribution is 5.65. The monoisotopic (exact) mass is 217 g/mol. The van der Waals surface area contributed by atoms with Crippen LogP contribution in [0.25, 0.3) is 5.52 Å². The van der Waals surface area contributed by atoms with E-state index in [0.29, 0.717) is 11.4 Å². The Kier molecular flexibility index (Phi) is 2.73. The lowest BCUT2D eigenvalue weighted by atomic mass is 10.2. The molecule has 0 aliphatic carbocycles. The third-order valence-electron chi connectivity index (χ3n) is 2.28. The van der Waals surface area contributed by atoms with Gasteiger partial charge in [0.1, 0.15) is 18.6 Å². The van der Waals surface area contributed by atoms with Crippen molar-refractivity contribution in [1.82, 2.24) is 9.61 Å². The van der Waals surface area contributed by atoms with E-state index in [-0.39, 0.29) is 6.54 Å². The lowest BCUT2D eigenvalue weighted by Gasteiger charge is -2.07. The normalized spacial score (nSPS) is 10.3. The molecule has 0 spiro atoms. The van der Waals surface area contributed by atoms with Crippen LogP contribution in [0.15, 0.2) is 18.3 Å². The second-order valence-electron chi connectivity index (χ2n) is 3.50. The number of fused-ring (bicyclic) bond motifs is 1. The quantitative estimate of drug-likeness (QED) is 0.854. The van der Waals surface area contributed by atoms with E-state index in [1.165, 1.54) is 6.20 Å². The molecule has 0 fully saturated rings. The SMILES string of the molecule is Cc1cc(NCC[18F])n2ncc(C#N)c2c1. The number of alkyl halides is 1. The number of nitrogens with zero attached hydrogens (tertiary/aromatic N) is 3. The van der Waals surface area contributed by atoms with Crippen molar-refractivity contribution in [2.75, 3.05) is 18.5 Å². The first-order chi connectivity index (χ1) is 7.76. The van der Waals surface area contributed by atoms with Crippen LogP contribution < -0.4 is 5.32 Å². The summed E-state index contributed by atoms with van der Waals surface area (Å²) in [5, 5.41) is 15.9. The van der Waals surface area contributed by atoms with Gasteiger partial charge in [-0.3, -0.25) is 0 Å². The fourth-order valence-electron chi connectivity index (χ4n) is 1.61. The van der Waals surface area contributed by atoms with Crippen molar-refractivity contribution in [3.8, 4) is 6.07 Å². The third kappa shape index (κ3) is 1.70. The van der Waals surface area contributed by atoms with Crippen molar-refractivity contribution >= 4 is 11.3 Å². The number of hydrogen-bond acceptors (Lipinski definition) is 3. The molecule has 0 radical (unpaired) electrons. The standard InChI is InChI=1S/C11H11FN4/c1-8-4-10-9(6-13)7-15-16(10)11(5-8)14-3-2-12/h4-5,7,14H,2-3H2,1H3/i12-1. The average molecular weight is 217 g/mol. The summed E-state index contributed by atoms with van der Waals surface area (Å²) in [5.41, 5.74) is 2.27. The fraction of sp³-hybridized carbons (Fsp3) is 0.273. The Labute approximate surface area is 92.3 Å². The maximum atomic E-state index is 12.1. The van der Waals surface area contributed by atoms with E-state index in [1.807, 2.05) is 19.1 Å². The van der Waals surface area contributed by atoms with Gasteiger partial charge < -0.3 is 5.32 Å². The number of aryl methyl sites for hydroxylation is 1. The molecule has 82 valence electrons. The molecule has 0 amide bonds. The number of anilines is 1. The minimum absolute atomic E-state index is 0.236. The number of nitriles is 1. The lowest BCUT2D eigenvalue weighted by Crippen LogP contribution is -2.08. The molecule has 0 aromatic carbocycles. The summed E-state index contributed by atoms with van der Waals surface area (Å²) in [6.45, 7) is 1.72. The molecule has 2 heterocycles. The van der Waals surface area contributed by atoms with Gasteiger partial charge in [-0.25, -0.2) is 8.91 Å². The van der Waals surface area contributed by atoms with Crippen molar-refractivity contribution < 1.29 is 4.39 Å². The van der Waals surface area contributed by atoms with Crippen LogP contribution in [-0.2, 0) is 0 Å². The topological polar surface area (TPSA) is 53.1 Å². The molecule has 2 rings (SSSR count). The third-order valence-corrected chi connectivity index (χ3v) is 2.28. The summed E-state index contributed by atoms with van der Waals surface area (Å²) in [4.78, 5) is 0. The van der Waals surface area contributed by atoms with Crippen molar-refractivity contribution in [3.63, 3.8) is 0 Å². The van der Waals surface area contributed by atoms with Gasteiger partial charge in [-0.05, 0) is 24.6 Å². The van der Waals surface area contributed by atoms with Gasteiger partial charge in [0.2, 0.25) is 0 Å². The zero-order valence-corrected chi connectivity index (χ0v) is 8.87. The highest BCUT2D eigenvalue weighted by Crippen LogP contribution is 2.18. The second-order valence-corrected chi connectivity index (χ2v) is 3.50. The van der Waals surface area contributed by atoms with Gasteiger partial charge in [-0.15, -0.1) is 0 Å². The van der Waals surface area contributed by atoms with Gasteiger partial charge in [0.15, 0.2) is 0 Å². The number of aromatic nitrogens is 2. The number of nitrogens with one attached hydrogen (secondary N) is 1. The van der Waals surface area contributed by atoms with E-state index in [4.69, 9.17) is 5.26 Å². The maximum Gasteiger partial charge on any atom is 0.128 e. The molecule has 0 atom stereocenters. The predicted molar refractivity (Wildman–Crippen MR) is 59.1 cm³/mol. The molecule has 5 heteroatoms. The number of rotatable bonds is 3. The summed E-state index contributed by atoms with van der Waals surface area (Å²) in [6.07, 6.45) is 1.51. The largest absolute Gasteiger partial charge is 0.367 e. The van der Waals surface area contributed by atoms with Crippen LogP contribution in [-0.4, -0.2) is 22.8 Å². The van der Waals surface area contributed by atoms with E-state index >= 15 is 0 Å². The molecule has 4 nitrogen and oxygen atoms in total. The zero-order chi connectivity index (χ0) is 11.5. The summed E-state index contributed by atoms with van der Waals surface area (Å²) >= 11 is 0. The number of pyridine rings is 1. The average Bonchev–Trinajstić information content (AvgIpc) is 2.68. The molecule has 2 aromatic rings. The number of halogens is 1. The highest BCUT2D eigenvalue weighted by Gasteiger charge is 2.07. The van der Waals surface area contributed by atoms with Crippen LogP contribution in [0.3, 0.4) is 0 Å². The maximum absolute atomic E-state index is 12.1. The first-order valence-electron chi connectivity index (χ1n) is 4.94. The minimum Gasteiger partial charge on any atom is -0.367 e. The van der Waals surface area contributed by atoms with Crippen LogP contribution in [0.5, 0.6) is 0 Å². The summed E-state index contributed by atoms with van der Waals surface area (Å²) in [5.74, 6) is 0.703. The first-order valence-corrected chi connectivity index (χ1v) is 4.94. The van der Waals surface area contributed by atoms with Crippen LogP contribution in [0.1, 0.15) is 11.1 Å². The Balaban J connectivity index is 2.56. The molecule has 16 heavy (non-hydrogen) atoms. The molecular formula is C11H11FN4. The van der Waals surface area contributed by atoms with E-state index in [0.717, 1.165) is 11.1 Å². The van der Waals surface area contributed by atoms with E-state index in [2.05, 4.69) is 16.5 Å². The molecule has 1 N–H and O–H groups in total.